The third kappa shape index (κ3) is 5.20. The number of benzene rings is 1. The van der Waals surface area contributed by atoms with Gasteiger partial charge in [-0.2, -0.15) is 0 Å². The highest BCUT2D eigenvalue weighted by molar-refractivity contribution is 5.93. The van der Waals surface area contributed by atoms with Crippen LogP contribution in [-0.4, -0.2) is 24.0 Å². The number of hydrogen-bond acceptors (Lipinski definition) is 3. The number of carbonyl (C=O) groups is 1. The lowest BCUT2D eigenvalue weighted by Gasteiger charge is -2.09. The zero-order valence-corrected chi connectivity index (χ0v) is 13.1. The SMILES string of the molecule is CC(C)COc1ccc(CCNC(=O)c2cccnc2)cc1. The van der Waals surface area contributed by atoms with Crippen LogP contribution in [0, 0.1) is 5.92 Å². The van der Waals surface area contributed by atoms with E-state index in [-0.39, 0.29) is 5.91 Å². The van der Waals surface area contributed by atoms with Gasteiger partial charge in [0, 0.05) is 18.9 Å². The Morgan fingerprint density at radius 2 is 2.00 bits per heavy atom. The van der Waals surface area contributed by atoms with Gasteiger partial charge in [0.25, 0.3) is 5.91 Å². The van der Waals surface area contributed by atoms with E-state index < -0.39 is 0 Å². The van der Waals surface area contributed by atoms with Crippen molar-refractivity contribution in [1.82, 2.24) is 10.3 Å². The second kappa shape index (κ2) is 8.17. The highest BCUT2D eigenvalue weighted by atomic mass is 16.5. The highest BCUT2D eigenvalue weighted by Gasteiger charge is 2.04. The Hall–Kier alpha value is -2.36. The smallest absolute Gasteiger partial charge is 0.252 e. The van der Waals surface area contributed by atoms with Crippen molar-refractivity contribution in [1.29, 1.82) is 0 Å². The molecule has 0 saturated carbocycles. The first-order valence-corrected chi connectivity index (χ1v) is 7.55. The summed E-state index contributed by atoms with van der Waals surface area (Å²) in [6.45, 7) is 5.57. The van der Waals surface area contributed by atoms with Crippen LogP contribution in [-0.2, 0) is 6.42 Å². The molecule has 0 radical (unpaired) electrons. The van der Waals surface area contributed by atoms with Crippen molar-refractivity contribution in [3.63, 3.8) is 0 Å². The maximum atomic E-state index is 11.9. The summed E-state index contributed by atoms with van der Waals surface area (Å²) in [6.07, 6.45) is 4.01. The summed E-state index contributed by atoms with van der Waals surface area (Å²) in [5, 5.41) is 2.89. The second-order valence-corrected chi connectivity index (χ2v) is 5.60. The third-order valence-electron chi connectivity index (χ3n) is 3.13. The Morgan fingerprint density at radius 1 is 1.23 bits per heavy atom. The molecular formula is C18H22N2O2. The fraction of sp³-hybridized carbons (Fsp3) is 0.333. The van der Waals surface area contributed by atoms with Crippen LogP contribution < -0.4 is 10.1 Å². The van der Waals surface area contributed by atoms with Gasteiger partial charge in [0.15, 0.2) is 0 Å². The normalized spacial score (nSPS) is 10.5. The predicted octanol–water partition coefficient (Wildman–Crippen LogP) is 3.09. The van der Waals surface area contributed by atoms with E-state index in [1.165, 1.54) is 5.56 Å². The van der Waals surface area contributed by atoms with Gasteiger partial charge in [-0.1, -0.05) is 26.0 Å². The van der Waals surface area contributed by atoms with E-state index in [0.717, 1.165) is 18.8 Å². The molecule has 1 aromatic carbocycles. The quantitative estimate of drug-likeness (QED) is 0.854. The molecule has 2 rings (SSSR count). The average Bonchev–Trinajstić information content (AvgIpc) is 2.55. The Kier molecular flexibility index (Phi) is 5.95. The number of carbonyl (C=O) groups excluding carboxylic acids is 1. The Balaban J connectivity index is 1.76. The van der Waals surface area contributed by atoms with Crippen LogP contribution in [0.5, 0.6) is 5.75 Å². The van der Waals surface area contributed by atoms with Crippen molar-refractivity contribution in [2.45, 2.75) is 20.3 Å². The van der Waals surface area contributed by atoms with E-state index in [1.54, 1.807) is 24.5 Å². The molecule has 116 valence electrons. The Bertz CT molecular complexity index is 580. The summed E-state index contributed by atoms with van der Waals surface area (Å²) in [5.74, 6) is 1.31. The highest BCUT2D eigenvalue weighted by Crippen LogP contribution is 2.13. The lowest BCUT2D eigenvalue weighted by Crippen LogP contribution is -2.25. The molecule has 1 aromatic heterocycles. The molecule has 2 aromatic rings. The molecule has 0 fully saturated rings. The summed E-state index contributed by atoms with van der Waals surface area (Å²) in [5.41, 5.74) is 1.75. The van der Waals surface area contributed by atoms with Crippen molar-refractivity contribution in [2.24, 2.45) is 5.92 Å². The number of rotatable bonds is 7. The molecule has 0 spiro atoms. The second-order valence-electron chi connectivity index (χ2n) is 5.60. The van der Waals surface area contributed by atoms with Crippen LogP contribution in [0.15, 0.2) is 48.8 Å². The zero-order valence-electron chi connectivity index (χ0n) is 13.1. The van der Waals surface area contributed by atoms with E-state index >= 15 is 0 Å². The van der Waals surface area contributed by atoms with Crippen molar-refractivity contribution in [3.05, 3.63) is 59.9 Å². The summed E-state index contributed by atoms with van der Waals surface area (Å²) in [4.78, 5) is 15.8. The molecule has 1 N–H and O–H groups in total. The molecule has 1 heterocycles. The largest absolute Gasteiger partial charge is 0.493 e. The Labute approximate surface area is 131 Å². The van der Waals surface area contributed by atoms with Gasteiger partial charge in [-0.3, -0.25) is 9.78 Å². The number of ether oxygens (including phenoxy) is 1. The standard InChI is InChI=1S/C18H22N2O2/c1-14(2)13-22-17-7-5-15(6-8-17)9-11-20-18(21)16-4-3-10-19-12-16/h3-8,10,12,14H,9,11,13H2,1-2H3,(H,20,21). The van der Waals surface area contributed by atoms with Crippen LogP contribution in [0.3, 0.4) is 0 Å². The van der Waals surface area contributed by atoms with Gasteiger partial charge in [-0.25, -0.2) is 0 Å². The summed E-state index contributed by atoms with van der Waals surface area (Å²) in [6, 6.07) is 11.5. The topological polar surface area (TPSA) is 51.2 Å². The minimum absolute atomic E-state index is 0.0926. The number of amides is 1. The molecule has 0 atom stereocenters. The molecule has 0 bridgehead atoms. The fourth-order valence-corrected chi connectivity index (χ4v) is 1.93. The first-order valence-electron chi connectivity index (χ1n) is 7.55. The first kappa shape index (κ1) is 16.0. The van der Waals surface area contributed by atoms with Gasteiger partial charge in [-0.05, 0) is 42.2 Å². The lowest BCUT2D eigenvalue weighted by molar-refractivity contribution is 0.0954. The predicted molar refractivity (Wildman–Crippen MR) is 87.0 cm³/mol. The van der Waals surface area contributed by atoms with E-state index in [4.69, 9.17) is 4.74 Å². The Morgan fingerprint density at radius 3 is 2.64 bits per heavy atom. The summed E-state index contributed by atoms with van der Waals surface area (Å²) in [7, 11) is 0. The van der Waals surface area contributed by atoms with Crippen LogP contribution in [0.2, 0.25) is 0 Å². The molecule has 0 unspecified atom stereocenters. The summed E-state index contributed by atoms with van der Waals surface area (Å²) >= 11 is 0. The lowest BCUT2D eigenvalue weighted by atomic mass is 10.1. The number of hydrogen-bond donors (Lipinski definition) is 1. The number of nitrogens with one attached hydrogen (secondary N) is 1. The minimum atomic E-state index is -0.0926. The molecule has 0 aliphatic heterocycles. The van der Waals surface area contributed by atoms with Gasteiger partial charge in [0.1, 0.15) is 5.75 Å². The number of nitrogens with zero attached hydrogens (tertiary/aromatic N) is 1. The molecule has 1 amide bonds. The molecule has 22 heavy (non-hydrogen) atoms. The van der Waals surface area contributed by atoms with Gasteiger partial charge in [0.2, 0.25) is 0 Å². The van der Waals surface area contributed by atoms with Crippen LogP contribution in [0.25, 0.3) is 0 Å². The molecule has 4 nitrogen and oxygen atoms in total. The van der Waals surface area contributed by atoms with E-state index in [9.17, 15) is 4.79 Å². The zero-order chi connectivity index (χ0) is 15.8. The number of aromatic nitrogens is 1. The maximum Gasteiger partial charge on any atom is 0.252 e. The van der Waals surface area contributed by atoms with Crippen molar-refractivity contribution in [2.75, 3.05) is 13.2 Å². The molecule has 0 aliphatic rings. The van der Waals surface area contributed by atoms with Gasteiger partial charge >= 0.3 is 0 Å². The van der Waals surface area contributed by atoms with Crippen LogP contribution >= 0.6 is 0 Å². The van der Waals surface area contributed by atoms with Crippen molar-refractivity contribution in [3.8, 4) is 5.75 Å². The van der Waals surface area contributed by atoms with Gasteiger partial charge < -0.3 is 10.1 Å². The van der Waals surface area contributed by atoms with Crippen molar-refractivity contribution >= 4 is 5.91 Å². The molecule has 4 heteroatoms. The van der Waals surface area contributed by atoms with E-state index in [0.29, 0.717) is 18.0 Å². The van der Waals surface area contributed by atoms with Crippen LogP contribution in [0.4, 0.5) is 0 Å². The monoisotopic (exact) mass is 298 g/mol. The molecule has 0 saturated heterocycles. The minimum Gasteiger partial charge on any atom is -0.493 e. The molecule has 0 aliphatic carbocycles. The average molecular weight is 298 g/mol. The van der Waals surface area contributed by atoms with Gasteiger partial charge in [-0.15, -0.1) is 0 Å². The maximum absolute atomic E-state index is 11.9. The van der Waals surface area contributed by atoms with E-state index in [1.807, 2.05) is 24.3 Å². The molecular weight excluding hydrogens is 276 g/mol. The fourth-order valence-electron chi connectivity index (χ4n) is 1.93. The van der Waals surface area contributed by atoms with Crippen molar-refractivity contribution < 1.29 is 9.53 Å². The first-order chi connectivity index (χ1) is 10.6. The van der Waals surface area contributed by atoms with Crippen LogP contribution in [0.1, 0.15) is 29.8 Å². The third-order valence-corrected chi connectivity index (χ3v) is 3.13. The van der Waals surface area contributed by atoms with E-state index in [2.05, 4.69) is 24.1 Å². The van der Waals surface area contributed by atoms with Gasteiger partial charge in [0.05, 0.1) is 12.2 Å². The number of pyridine rings is 1. The summed E-state index contributed by atoms with van der Waals surface area (Å²) < 4.78 is 5.65.